The molecular weight excluding hydrogens is 331 g/mol. The van der Waals surface area contributed by atoms with Crippen molar-refractivity contribution in [2.75, 3.05) is 6.61 Å². The van der Waals surface area contributed by atoms with Gasteiger partial charge in [-0.3, -0.25) is 0 Å². The Kier molecular flexibility index (Phi) is 4.32. The van der Waals surface area contributed by atoms with Gasteiger partial charge in [-0.05, 0) is 60.4 Å². The van der Waals surface area contributed by atoms with Crippen molar-refractivity contribution in [1.82, 2.24) is 0 Å². The van der Waals surface area contributed by atoms with E-state index in [1.807, 2.05) is 12.1 Å². The van der Waals surface area contributed by atoms with Crippen LogP contribution >= 0.6 is 0 Å². The molecule has 0 amide bonds. The van der Waals surface area contributed by atoms with Crippen LogP contribution in [0.15, 0.2) is 42.5 Å². The zero-order chi connectivity index (χ0) is 18.5. The van der Waals surface area contributed by atoms with Crippen LogP contribution in [0.2, 0.25) is 18.1 Å². The molecule has 2 nitrogen and oxygen atoms in total. The van der Waals surface area contributed by atoms with Gasteiger partial charge in [0, 0.05) is 5.56 Å². The second kappa shape index (κ2) is 5.96. The van der Waals surface area contributed by atoms with Crippen molar-refractivity contribution in [3.05, 3.63) is 53.8 Å². The molecule has 0 spiro atoms. The van der Waals surface area contributed by atoms with E-state index in [1.165, 1.54) is 12.1 Å². The molecular formula is C21H27FO2Si. The van der Waals surface area contributed by atoms with Crippen LogP contribution in [0.1, 0.15) is 33.3 Å². The van der Waals surface area contributed by atoms with Crippen molar-refractivity contribution in [1.29, 1.82) is 0 Å². The van der Waals surface area contributed by atoms with Gasteiger partial charge in [0.2, 0.25) is 0 Å². The molecule has 3 rings (SSSR count). The molecule has 2 aromatic rings. The minimum absolute atomic E-state index is 0.132. The molecule has 0 fully saturated rings. The number of ether oxygens (including phenoxy) is 1. The van der Waals surface area contributed by atoms with E-state index < -0.39 is 13.9 Å². The monoisotopic (exact) mass is 358 g/mol. The van der Waals surface area contributed by atoms with Crippen molar-refractivity contribution in [2.45, 2.75) is 51.4 Å². The lowest BCUT2D eigenvalue weighted by Crippen LogP contribution is -2.48. The topological polar surface area (TPSA) is 18.5 Å². The predicted octanol–water partition coefficient (Wildman–Crippen LogP) is 6.12. The molecule has 134 valence electrons. The zero-order valence-electron chi connectivity index (χ0n) is 15.9. The van der Waals surface area contributed by atoms with Crippen LogP contribution in [0.4, 0.5) is 4.39 Å². The van der Waals surface area contributed by atoms with Crippen LogP contribution < -0.4 is 4.74 Å². The lowest BCUT2D eigenvalue weighted by Gasteiger charge is -2.42. The first-order chi connectivity index (χ1) is 11.5. The zero-order valence-corrected chi connectivity index (χ0v) is 16.9. The molecule has 1 aliphatic heterocycles. The van der Waals surface area contributed by atoms with Gasteiger partial charge in [0.05, 0.1) is 0 Å². The Morgan fingerprint density at radius 3 is 2.24 bits per heavy atom. The minimum Gasteiger partial charge on any atom is -0.490 e. The average Bonchev–Trinajstić information content (AvgIpc) is 2.83. The quantitative estimate of drug-likeness (QED) is 0.615. The van der Waals surface area contributed by atoms with Crippen LogP contribution in [0.3, 0.4) is 0 Å². The van der Waals surface area contributed by atoms with Gasteiger partial charge in [-0.1, -0.05) is 39.0 Å². The molecule has 4 heteroatoms. The second-order valence-corrected chi connectivity index (χ2v) is 13.3. The highest BCUT2D eigenvalue weighted by atomic mass is 28.4. The average molecular weight is 359 g/mol. The van der Waals surface area contributed by atoms with Crippen LogP contribution in [-0.4, -0.2) is 14.9 Å². The molecule has 0 aliphatic carbocycles. The Hall–Kier alpha value is -1.65. The van der Waals surface area contributed by atoms with E-state index in [4.69, 9.17) is 9.16 Å². The number of fused-ring (bicyclic) bond motifs is 1. The summed E-state index contributed by atoms with van der Waals surface area (Å²) in [6.07, 6.45) is 0. The Labute approximate surface area is 151 Å². The van der Waals surface area contributed by atoms with Gasteiger partial charge >= 0.3 is 0 Å². The molecule has 0 unspecified atom stereocenters. The third-order valence-corrected chi connectivity index (χ3v) is 10.1. The maximum absolute atomic E-state index is 13.2. The second-order valence-electron chi connectivity index (χ2n) is 8.60. The van der Waals surface area contributed by atoms with E-state index in [2.05, 4.69) is 46.9 Å². The fourth-order valence-corrected chi connectivity index (χ4v) is 4.59. The smallest absolute Gasteiger partial charge is 0.193 e. The van der Waals surface area contributed by atoms with Crippen LogP contribution in [0.5, 0.6) is 5.75 Å². The number of benzene rings is 2. The van der Waals surface area contributed by atoms with E-state index >= 15 is 0 Å². The highest BCUT2D eigenvalue weighted by molar-refractivity contribution is 6.74. The first-order valence-corrected chi connectivity index (χ1v) is 11.7. The summed E-state index contributed by atoms with van der Waals surface area (Å²) in [5, 5.41) is 0.132. The summed E-state index contributed by atoms with van der Waals surface area (Å²) in [5.74, 6) is 0.659. The van der Waals surface area contributed by atoms with E-state index in [9.17, 15) is 4.39 Å². The van der Waals surface area contributed by atoms with Crippen molar-refractivity contribution in [3.63, 3.8) is 0 Å². The number of rotatable bonds is 3. The Morgan fingerprint density at radius 2 is 1.64 bits per heavy atom. The summed E-state index contributed by atoms with van der Waals surface area (Å²) >= 11 is 0. The summed E-state index contributed by atoms with van der Waals surface area (Å²) in [7, 11) is -1.94. The van der Waals surface area contributed by atoms with Crippen molar-refractivity contribution < 1.29 is 13.6 Å². The van der Waals surface area contributed by atoms with Crippen molar-refractivity contribution >= 4 is 8.32 Å². The molecule has 0 aromatic heterocycles. The highest BCUT2D eigenvalue weighted by Gasteiger charge is 2.47. The molecule has 1 atom stereocenters. The van der Waals surface area contributed by atoms with Crippen LogP contribution in [0.25, 0.3) is 11.1 Å². The fourth-order valence-electron chi connectivity index (χ4n) is 2.98. The van der Waals surface area contributed by atoms with Crippen molar-refractivity contribution in [3.8, 4) is 16.9 Å². The Bertz CT molecular complexity index is 777. The molecule has 1 aliphatic rings. The lowest BCUT2D eigenvalue weighted by molar-refractivity contribution is 0.0466. The van der Waals surface area contributed by atoms with Gasteiger partial charge in [0.25, 0.3) is 0 Å². The molecule has 0 saturated heterocycles. The van der Waals surface area contributed by atoms with E-state index in [0.717, 1.165) is 22.4 Å². The van der Waals surface area contributed by atoms with Gasteiger partial charge < -0.3 is 9.16 Å². The Morgan fingerprint density at radius 1 is 1.04 bits per heavy atom. The number of hydrogen-bond acceptors (Lipinski definition) is 2. The molecule has 0 radical (unpaired) electrons. The largest absolute Gasteiger partial charge is 0.490 e. The predicted molar refractivity (Wildman–Crippen MR) is 103 cm³/mol. The highest BCUT2D eigenvalue weighted by Crippen LogP contribution is 2.47. The van der Waals surface area contributed by atoms with Crippen LogP contribution in [-0.2, 0) is 10.0 Å². The molecule has 0 bridgehead atoms. The van der Waals surface area contributed by atoms with E-state index in [1.54, 1.807) is 12.1 Å². The minimum atomic E-state index is -1.94. The summed E-state index contributed by atoms with van der Waals surface area (Å²) in [6, 6.07) is 12.7. The van der Waals surface area contributed by atoms with Gasteiger partial charge in [-0.2, -0.15) is 0 Å². The summed E-state index contributed by atoms with van der Waals surface area (Å²) in [6.45, 7) is 13.9. The summed E-state index contributed by atoms with van der Waals surface area (Å²) < 4.78 is 25.9. The van der Waals surface area contributed by atoms with E-state index in [-0.39, 0.29) is 10.9 Å². The summed E-state index contributed by atoms with van der Waals surface area (Å²) in [5.41, 5.74) is 2.67. The first kappa shape index (κ1) is 18.1. The SMILES string of the molecule is CC(C)(C)[Si](C)(C)O[C@@]1(C)COc2ccc(-c3ccc(F)cc3)cc21. The lowest BCUT2D eigenvalue weighted by atomic mass is 9.94. The number of hydrogen-bond donors (Lipinski definition) is 0. The van der Waals surface area contributed by atoms with Gasteiger partial charge in [-0.25, -0.2) is 4.39 Å². The third kappa shape index (κ3) is 3.38. The normalized spacial score (nSPS) is 20.3. The Balaban J connectivity index is 1.98. The van der Waals surface area contributed by atoms with Crippen molar-refractivity contribution in [2.24, 2.45) is 0 Å². The van der Waals surface area contributed by atoms with Gasteiger partial charge in [0.1, 0.15) is 23.8 Å². The van der Waals surface area contributed by atoms with Gasteiger partial charge in [0.15, 0.2) is 8.32 Å². The standard InChI is InChI=1S/C21H27FO2Si/c1-20(2,3)25(5,6)24-21(4)14-23-19-12-9-16(13-18(19)21)15-7-10-17(22)11-8-15/h7-13H,14H2,1-6H3/t21-/m0/s1. The molecule has 0 saturated carbocycles. The van der Waals surface area contributed by atoms with Gasteiger partial charge in [-0.15, -0.1) is 0 Å². The molecule has 0 N–H and O–H groups in total. The molecule has 1 heterocycles. The third-order valence-electron chi connectivity index (χ3n) is 5.52. The van der Waals surface area contributed by atoms with E-state index in [0.29, 0.717) is 6.61 Å². The maximum Gasteiger partial charge on any atom is 0.193 e. The number of halogens is 1. The fraction of sp³-hybridized carbons (Fsp3) is 0.429. The molecule has 25 heavy (non-hydrogen) atoms. The maximum atomic E-state index is 13.2. The molecule has 2 aromatic carbocycles. The summed E-state index contributed by atoms with van der Waals surface area (Å²) in [4.78, 5) is 0. The van der Waals surface area contributed by atoms with Crippen LogP contribution in [0, 0.1) is 5.82 Å². The first-order valence-electron chi connectivity index (χ1n) is 8.75.